The molecule has 25 heavy (non-hydrogen) atoms. The summed E-state index contributed by atoms with van der Waals surface area (Å²) in [6.45, 7) is 18.4. The van der Waals surface area contributed by atoms with Gasteiger partial charge in [0.1, 0.15) is 0 Å². The Balaban J connectivity index is 0.000000157. The van der Waals surface area contributed by atoms with Gasteiger partial charge in [-0.25, -0.2) is 0 Å². The third-order valence-electron chi connectivity index (χ3n) is 8.38. The minimum atomic E-state index is 0.562. The molecule has 4 aliphatic carbocycles. The summed E-state index contributed by atoms with van der Waals surface area (Å²) < 4.78 is 0. The van der Waals surface area contributed by atoms with Gasteiger partial charge >= 0.3 is 0 Å². The van der Waals surface area contributed by atoms with Crippen molar-refractivity contribution in [2.75, 3.05) is 26.7 Å². The Morgan fingerprint density at radius 2 is 1.76 bits per heavy atom. The van der Waals surface area contributed by atoms with Gasteiger partial charge in [0.15, 0.2) is 0 Å². The quantitative estimate of drug-likeness (QED) is 0.755. The fourth-order valence-electron chi connectivity index (χ4n) is 7.27. The second-order valence-electron chi connectivity index (χ2n) is 11.7. The molecule has 2 nitrogen and oxygen atoms in total. The van der Waals surface area contributed by atoms with Gasteiger partial charge in [-0.05, 0) is 73.2 Å². The van der Waals surface area contributed by atoms with Crippen molar-refractivity contribution in [1.82, 2.24) is 10.2 Å². The minimum Gasteiger partial charge on any atom is -0.318 e. The number of fused-ring (bicyclic) bond motifs is 4. The van der Waals surface area contributed by atoms with Crippen LogP contribution < -0.4 is 5.32 Å². The highest BCUT2D eigenvalue weighted by Gasteiger charge is 2.52. The lowest BCUT2D eigenvalue weighted by Gasteiger charge is -2.59. The van der Waals surface area contributed by atoms with Crippen LogP contribution in [-0.2, 0) is 0 Å². The number of likely N-dealkylation sites (N-methyl/N-ethyl adjacent to an activating group) is 1. The first-order valence-electron chi connectivity index (χ1n) is 10.9. The van der Waals surface area contributed by atoms with Crippen LogP contribution in [0.2, 0.25) is 0 Å². The fraction of sp³-hybridized carbons (Fsp3) is 1.00. The largest absolute Gasteiger partial charge is 0.318 e. The van der Waals surface area contributed by atoms with Crippen molar-refractivity contribution in [2.45, 2.75) is 86.1 Å². The summed E-state index contributed by atoms with van der Waals surface area (Å²) in [6, 6.07) is 0.854. The first-order valence-corrected chi connectivity index (χ1v) is 10.9. The second-order valence-corrected chi connectivity index (χ2v) is 11.7. The van der Waals surface area contributed by atoms with E-state index in [1.807, 2.05) is 7.05 Å². The molecule has 5 aliphatic rings. The monoisotopic (exact) mass is 348 g/mol. The predicted octanol–water partition coefficient (Wildman–Crippen LogP) is 5.19. The van der Waals surface area contributed by atoms with E-state index in [0.717, 1.165) is 30.3 Å². The van der Waals surface area contributed by atoms with Gasteiger partial charge in [0.2, 0.25) is 0 Å². The number of nitrogens with one attached hydrogen (secondary N) is 1. The third-order valence-corrected chi connectivity index (χ3v) is 8.38. The van der Waals surface area contributed by atoms with Crippen molar-refractivity contribution in [3.8, 4) is 0 Å². The maximum Gasteiger partial charge on any atom is 0.0110 e. The number of hydrogen-bond donors (Lipinski definition) is 1. The number of nitrogens with zero attached hydrogens (tertiary/aromatic N) is 1. The molecule has 4 bridgehead atoms. The van der Waals surface area contributed by atoms with Gasteiger partial charge in [0.05, 0.1) is 0 Å². The van der Waals surface area contributed by atoms with E-state index in [0.29, 0.717) is 16.2 Å². The maximum absolute atomic E-state index is 3.27. The summed E-state index contributed by atoms with van der Waals surface area (Å²) in [5, 5.41) is 3.27. The van der Waals surface area contributed by atoms with Crippen LogP contribution in [-0.4, -0.2) is 37.6 Å². The predicted molar refractivity (Wildman–Crippen MR) is 109 cm³/mol. The van der Waals surface area contributed by atoms with E-state index < -0.39 is 0 Å². The van der Waals surface area contributed by atoms with E-state index in [1.165, 1.54) is 51.6 Å². The molecule has 0 spiro atoms. The highest BCUT2D eigenvalue weighted by molar-refractivity contribution is 5.03. The van der Waals surface area contributed by atoms with Crippen molar-refractivity contribution in [1.29, 1.82) is 0 Å². The molecule has 4 saturated carbocycles. The Hall–Kier alpha value is -0.0800. The summed E-state index contributed by atoms with van der Waals surface area (Å²) >= 11 is 0. The normalized spacial score (nSPS) is 43.8. The highest BCUT2D eigenvalue weighted by atomic mass is 15.2. The van der Waals surface area contributed by atoms with Crippen molar-refractivity contribution >= 4 is 0 Å². The molecule has 5 rings (SSSR count). The second kappa shape index (κ2) is 6.82. The zero-order valence-corrected chi connectivity index (χ0v) is 18.1. The summed E-state index contributed by atoms with van der Waals surface area (Å²) in [7, 11) is 2.05. The molecule has 1 saturated heterocycles. The summed E-state index contributed by atoms with van der Waals surface area (Å²) in [5.41, 5.74) is 1.86. The summed E-state index contributed by atoms with van der Waals surface area (Å²) in [4.78, 5) is 2.71. The lowest BCUT2D eigenvalue weighted by molar-refractivity contribution is -0.0988. The molecule has 0 aromatic rings. The zero-order valence-electron chi connectivity index (χ0n) is 18.1. The Kier molecular flexibility index (Phi) is 5.37. The highest BCUT2D eigenvalue weighted by Crippen LogP contribution is 2.61. The van der Waals surface area contributed by atoms with Crippen LogP contribution in [0.4, 0.5) is 0 Å². The molecule has 146 valence electrons. The minimum absolute atomic E-state index is 0.562. The van der Waals surface area contributed by atoms with Crippen LogP contribution >= 0.6 is 0 Å². The summed E-state index contributed by atoms with van der Waals surface area (Å²) in [5.74, 6) is 3.15. The van der Waals surface area contributed by atoms with E-state index in [9.17, 15) is 0 Å². The molecule has 0 aromatic heterocycles. The van der Waals surface area contributed by atoms with Gasteiger partial charge in [-0.2, -0.15) is 0 Å². The molecule has 5 unspecified atom stereocenters. The van der Waals surface area contributed by atoms with E-state index in [4.69, 9.17) is 0 Å². The molecule has 0 radical (unpaired) electrons. The van der Waals surface area contributed by atoms with Gasteiger partial charge in [-0.3, -0.25) is 4.90 Å². The molecule has 2 heteroatoms. The third kappa shape index (κ3) is 3.95. The molecular weight excluding hydrogens is 304 g/mol. The molecular formula is C23H44N2. The molecule has 0 aromatic carbocycles. The maximum atomic E-state index is 3.27. The zero-order chi connectivity index (χ0) is 18.5. The van der Waals surface area contributed by atoms with Crippen LogP contribution in [0.5, 0.6) is 0 Å². The van der Waals surface area contributed by atoms with Crippen molar-refractivity contribution in [3.63, 3.8) is 0 Å². The molecule has 5 fully saturated rings. The van der Waals surface area contributed by atoms with Crippen LogP contribution in [0.1, 0.15) is 80.1 Å². The first-order chi connectivity index (χ1) is 11.6. The lowest BCUT2D eigenvalue weighted by atomic mass is 9.46. The van der Waals surface area contributed by atoms with E-state index in [1.54, 1.807) is 0 Å². The van der Waals surface area contributed by atoms with E-state index in [-0.39, 0.29) is 0 Å². The van der Waals surface area contributed by atoms with Crippen molar-refractivity contribution < 1.29 is 0 Å². The average Bonchev–Trinajstić information content (AvgIpc) is 2.73. The Morgan fingerprint density at radius 1 is 1.04 bits per heavy atom. The Bertz CT molecular complexity index is 467. The number of likely N-dealkylation sites (tertiary alicyclic amines) is 1. The molecule has 1 aliphatic heterocycles. The van der Waals surface area contributed by atoms with Crippen LogP contribution in [0.25, 0.3) is 0 Å². The average molecular weight is 349 g/mol. The molecule has 1 N–H and O–H groups in total. The van der Waals surface area contributed by atoms with Crippen LogP contribution in [0.15, 0.2) is 0 Å². The van der Waals surface area contributed by atoms with Gasteiger partial charge < -0.3 is 5.32 Å². The van der Waals surface area contributed by atoms with Crippen LogP contribution in [0, 0.1) is 34.0 Å². The topological polar surface area (TPSA) is 15.3 Å². The molecule has 5 atom stereocenters. The molecule has 0 amide bonds. The van der Waals surface area contributed by atoms with Crippen molar-refractivity contribution in [3.05, 3.63) is 0 Å². The van der Waals surface area contributed by atoms with Gasteiger partial charge in [0.25, 0.3) is 0 Å². The van der Waals surface area contributed by atoms with Gasteiger partial charge in [-0.1, -0.05) is 48.0 Å². The van der Waals surface area contributed by atoms with Gasteiger partial charge in [-0.15, -0.1) is 0 Å². The number of hydrogen-bond acceptors (Lipinski definition) is 2. The van der Waals surface area contributed by atoms with E-state index >= 15 is 0 Å². The lowest BCUT2D eigenvalue weighted by Crippen LogP contribution is -2.51. The Morgan fingerprint density at radius 3 is 2.28 bits per heavy atom. The Labute approximate surface area is 157 Å². The van der Waals surface area contributed by atoms with E-state index in [2.05, 4.69) is 51.8 Å². The SMILES string of the molecule is CC1CCC2CC1C2(C)C.CNCCN1CC2(C)CC1CC(C)(C)C2. The first kappa shape index (κ1) is 19.7. The standard InChI is InChI=1S/C13H26N2.C10H18/c1-12(2)7-11-8-13(3,9-12)10-15(11)6-5-14-4;1-7-4-5-8-6-9(7)10(8,2)3/h11,14H,5-10H2,1-4H3;7-9H,4-6H2,1-3H3. The smallest absolute Gasteiger partial charge is 0.0110 e. The number of rotatable bonds is 3. The summed E-state index contributed by atoms with van der Waals surface area (Å²) in [6.07, 6.45) is 8.77. The van der Waals surface area contributed by atoms with Crippen molar-refractivity contribution in [2.24, 2.45) is 34.0 Å². The molecule has 1 heterocycles. The fourth-order valence-corrected chi connectivity index (χ4v) is 7.27. The van der Waals surface area contributed by atoms with Gasteiger partial charge in [0, 0.05) is 25.7 Å². The van der Waals surface area contributed by atoms with Crippen LogP contribution in [0.3, 0.4) is 0 Å².